The molecule has 1 atom stereocenters. The molecule has 1 unspecified atom stereocenters. The minimum Gasteiger partial charge on any atom is -0.462 e. The van der Waals surface area contributed by atoms with E-state index in [2.05, 4.69) is 57.2 Å². The molecule has 0 bridgehead atoms. The van der Waals surface area contributed by atoms with Crippen molar-refractivity contribution >= 4 is 17.9 Å². The van der Waals surface area contributed by atoms with E-state index in [0.717, 1.165) is 70.6 Å². The Morgan fingerprint density at radius 2 is 0.457 bits per heavy atom. The fraction of sp³-hybridized carbons (Fsp3) is 0.880. The number of allylic oxidation sites excluding steroid dienone is 6. The molecule has 0 aliphatic rings. The summed E-state index contributed by atoms with van der Waals surface area (Å²) < 4.78 is 17.0. The summed E-state index contributed by atoms with van der Waals surface area (Å²) in [6.45, 7) is 6.66. The van der Waals surface area contributed by atoms with Gasteiger partial charge in [0.2, 0.25) is 0 Å². The average molecular weight is 1140 g/mol. The van der Waals surface area contributed by atoms with Gasteiger partial charge in [0.15, 0.2) is 6.10 Å². The third-order valence-electron chi connectivity index (χ3n) is 16.6. The molecule has 0 saturated heterocycles. The van der Waals surface area contributed by atoms with Crippen molar-refractivity contribution < 1.29 is 28.6 Å². The molecule has 0 spiro atoms. The van der Waals surface area contributed by atoms with Crippen LogP contribution >= 0.6 is 0 Å². The van der Waals surface area contributed by atoms with Gasteiger partial charge in [0.1, 0.15) is 13.2 Å². The lowest BCUT2D eigenvalue weighted by molar-refractivity contribution is -0.167. The first-order chi connectivity index (χ1) is 40.0. The van der Waals surface area contributed by atoms with Gasteiger partial charge in [0.05, 0.1) is 0 Å². The second-order valence-corrected chi connectivity index (χ2v) is 24.9. The van der Waals surface area contributed by atoms with Gasteiger partial charge in [-0.3, -0.25) is 14.4 Å². The maximum atomic E-state index is 12.9. The third kappa shape index (κ3) is 68.3. The molecule has 6 heteroatoms. The zero-order valence-electron chi connectivity index (χ0n) is 54.8. The molecule has 0 heterocycles. The number of unbranched alkanes of at least 4 members (excludes halogenated alkanes) is 51. The Kier molecular flexibility index (Phi) is 68.1. The smallest absolute Gasteiger partial charge is 0.306 e. The van der Waals surface area contributed by atoms with E-state index < -0.39 is 6.10 Å². The van der Waals surface area contributed by atoms with Crippen LogP contribution in [0.25, 0.3) is 0 Å². The van der Waals surface area contributed by atoms with Crippen molar-refractivity contribution in [3.63, 3.8) is 0 Å². The predicted octanol–water partition coefficient (Wildman–Crippen LogP) is 25.1. The van der Waals surface area contributed by atoms with E-state index in [0.29, 0.717) is 19.3 Å². The molecule has 476 valence electrons. The lowest BCUT2D eigenvalue weighted by Gasteiger charge is -2.18. The van der Waals surface area contributed by atoms with E-state index in [-0.39, 0.29) is 31.1 Å². The highest BCUT2D eigenvalue weighted by atomic mass is 16.6. The number of ether oxygens (including phenoxy) is 3. The Morgan fingerprint density at radius 1 is 0.247 bits per heavy atom. The van der Waals surface area contributed by atoms with E-state index in [4.69, 9.17) is 14.2 Å². The largest absolute Gasteiger partial charge is 0.462 e. The maximum Gasteiger partial charge on any atom is 0.306 e. The van der Waals surface area contributed by atoms with E-state index in [1.807, 2.05) is 0 Å². The van der Waals surface area contributed by atoms with Gasteiger partial charge in [0.25, 0.3) is 0 Å². The molecule has 0 aromatic heterocycles. The molecule has 0 aromatic carbocycles. The van der Waals surface area contributed by atoms with Gasteiger partial charge in [-0.1, -0.05) is 353 Å². The van der Waals surface area contributed by atoms with Crippen molar-refractivity contribution in [1.82, 2.24) is 0 Å². The number of esters is 3. The highest BCUT2D eigenvalue weighted by Crippen LogP contribution is 2.19. The normalized spacial score (nSPS) is 12.2. The number of hydrogen-bond acceptors (Lipinski definition) is 6. The highest BCUT2D eigenvalue weighted by molar-refractivity contribution is 5.71. The summed E-state index contributed by atoms with van der Waals surface area (Å²) in [5.41, 5.74) is 0. The van der Waals surface area contributed by atoms with Crippen molar-refractivity contribution in [2.75, 3.05) is 13.2 Å². The van der Waals surface area contributed by atoms with Crippen LogP contribution in [-0.4, -0.2) is 37.2 Å². The number of hydrogen-bond donors (Lipinski definition) is 0. The van der Waals surface area contributed by atoms with Gasteiger partial charge in [-0.2, -0.15) is 0 Å². The predicted molar refractivity (Wildman–Crippen MR) is 353 cm³/mol. The van der Waals surface area contributed by atoms with E-state index >= 15 is 0 Å². The molecule has 0 amide bonds. The molecule has 0 N–H and O–H groups in total. The highest BCUT2D eigenvalue weighted by Gasteiger charge is 2.19. The van der Waals surface area contributed by atoms with Crippen molar-refractivity contribution in [1.29, 1.82) is 0 Å². The van der Waals surface area contributed by atoms with Crippen molar-refractivity contribution in [3.05, 3.63) is 36.5 Å². The Hall–Kier alpha value is -2.37. The van der Waals surface area contributed by atoms with Crippen molar-refractivity contribution in [2.45, 2.75) is 412 Å². The quantitative estimate of drug-likeness (QED) is 0.0261. The second kappa shape index (κ2) is 70.1. The van der Waals surface area contributed by atoms with Crippen molar-refractivity contribution in [2.24, 2.45) is 0 Å². The van der Waals surface area contributed by atoms with E-state index in [9.17, 15) is 14.4 Å². The summed E-state index contributed by atoms with van der Waals surface area (Å²) in [5, 5.41) is 0. The fourth-order valence-corrected chi connectivity index (χ4v) is 11.1. The van der Waals surface area contributed by atoms with Crippen LogP contribution in [0.5, 0.6) is 0 Å². The van der Waals surface area contributed by atoms with Crippen molar-refractivity contribution in [3.8, 4) is 0 Å². The summed E-state index contributed by atoms with van der Waals surface area (Å²) in [5.74, 6) is -0.849. The minimum absolute atomic E-state index is 0.0686. The summed E-state index contributed by atoms with van der Waals surface area (Å²) in [7, 11) is 0. The van der Waals surface area contributed by atoms with Gasteiger partial charge in [-0.05, 0) is 70.6 Å². The van der Waals surface area contributed by atoms with Gasteiger partial charge < -0.3 is 14.2 Å². The Balaban J connectivity index is 4.11. The molecular weight excluding hydrogens is 997 g/mol. The van der Waals surface area contributed by atoms with E-state index in [1.54, 1.807) is 0 Å². The summed E-state index contributed by atoms with van der Waals surface area (Å²) >= 11 is 0. The first-order valence-electron chi connectivity index (χ1n) is 36.5. The standard InChI is InChI=1S/C75H140O6/c1-4-7-10-13-16-19-22-24-26-28-30-32-33-34-35-36-37-38-39-40-41-43-44-46-48-50-53-56-59-62-65-68-74(77)80-71-72(70-79-73(76)67-64-61-58-55-52-21-18-15-12-9-6-3)81-75(78)69-66-63-60-57-54-51-49-47-45-42-31-29-27-25-23-20-17-14-11-8-5-2/h15,18,22,24,28,30,72H,4-14,16-17,19-21,23,25-27,29,31-71H2,1-3H3/b18-15-,24-22-,30-28-. The SMILES string of the molecule is CCCC/C=C\CCCCCCCC(=O)OCC(COC(=O)CCCCCCCCCCCCCCCCCCCCC/C=C\C/C=C\CCCCCCC)OC(=O)CCCCCCCCCCCCCCCCCCCCCCC. The Bertz CT molecular complexity index is 1350. The molecule has 81 heavy (non-hydrogen) atoms. The molecule has 0 saturated carbocycles. The molecule has 6 nitrogen and oxygen atoms in total. The number of rotatable bonds is 68. The van der Waals surface area contributed by atoms with E-state index in [1.165, 1.54) is 295 Å². The van der Waals surface area contributed by atoms with Crippen LogP contribution in [0.3, 0.4) is 0 Å². The molecule has 0 aliphatic heterocycles. The zero-order chi connectivity index (χ0) is 58.5. The molecule has 0 aromatic rings. The zero-order valence-corrected chi connectivity index (χ0v) is 54.8. The van der Waals surface area contributed by atoms with Crippen LogP contribution < -0.4 is 0 Å². The van der Waals surface area contributed by atoms with Crippen LogP contribution in [0.4, 0.5) is 0 Å². The number of carbonyl (C=O) groups excluding carboxylic acids is 3. The maximum absolute atomic E-state index is 12.9. The summed E-state index contributed by atoms with van der Waals surface area (Å²) in [6, 6.07) is 0. The monoisotopic (exact) mass is 1140 g/mol. The molecule has 0 aliphatic carbocycles. The minimum atomic E-state index is -0.772. The lowest BCUT2D eigenvalue weighted by atomic mass is 10.0. The molecule has 0 radical (unpaired) electrons. The fourth-order valence-electron chi connectivity index (χ4n) is 11.1. The Labute approximate surface area is 506 Å². The van der Waals surface area contributed by atoms with Gasteiger partial charge in [-0.25, -0.2) is 0 Å². The molecule has 0 rings (SSSR count). The van der Waals surface area contributed by atoms with Crippen LogP contribution in [0.1, 0.15) is 406 Å². The third-order valence-corrected chi connectivity index (χ3v) is 16.6. The van der Waals surface area contributed by atoms with Gasteiger partial charge in [-0.15, -0.1) is 0 Å². The first-order valence-corrected chi connectivity index (χ1v) is 36.5. The van der Waals surface area contributed by atoms with Crippen LogP contribution in [0, 0.1) is 0 Å². The summed E-state index contributed by atoms with van der Waals surface area (Å²) in [6.07, 6.45) is 87.7. The van der Waals surface area contributed by atoms with Gasteiger partial charge >= 0.3 is 17.9 Å². The average Bonchev–Trinajstić information content (AvgIpc) is 3.47. The second-order valence-electron chi connectivity index (χ2n) is 24.9. The van der Waals surface area contributed by atoms with Crippen LogP contribution in [0.15, 0.2) is 36.5 Å². The Morgan fingerprint density at radius 3 is 0.728 bits per heavy atom. The van der Waals surface area contributed by atoms with Crippen LogP contribution in [0.2, 0.25) is 0 Å². The molecular formula is C75H140O6. The first kappa shape index (κ1) is 78.6. The topological polar surface area (TPSA) is 78.9 Å². The lowest BCUT2D eigenvalue weighted by Crippen LogP contribution is -2.30. The number of carbonyl (C=O) groups is 3. The molecule has 0 fully saturated rings. The van der Waals surface area contributed by atoms with Gasteiger partial charge in [0, 0.05) is 19.3 Å². The van der Waals surface area contributed by atoms with Crippen LogP contribution in [-0.2, 0) is 28.6 Å². The summed E-state index contributed by atoms with van der Waals surface area (Å²) in [4.78, 5) is 38.4.